The number of amides is 2. The molecule has 9 nitrogen and oxygen atoms in total. The molecule has 0 bridgehead atoms. The molecule has 1 aliphatic heterocycles. The van der Waals surface area contributed by atoms with Crippen molar-refractivity contribution in [2.75, 3.05) is 5.32 Å². The summed E-state index contributed by atoms with van der Waals surface area (Å²) in [6, 6.07) is 4.23. The molecular formula is C20H25N3O6S. The van der Waals surface area contributed by atoms with E-state index in [0.717, 1.165) is 0 Å². The van der Waals surface area contributed by atoms with Crippen LogP contribution in [0.5, 0.6) is 5.75 Å². The second kappa shape index (κ2) is 8.10. The van der Waals surface area contributed by atoms with Crippen LogP contribution in [-0.4, -0.2) is 31.5 Å². The lowest BCUT2D eigenvalue weighted by Gasteiger charge is -2.29. The molecule has 2 N–H and O–H groups in total. The fraction of sp³-hybridized carbons (Fsp3) is 0.450. The molecule has 3 rings (SSSR count). The average molecular weight is 436 g/mol. The number of aromatic nitrogens is 1. The summed E-state index contributed by atoms with van der Waals surface area (Å²) in [5, 5.41) is 6.52. The first-order valence-corrected chi connectivity index (χ1v) is 11.1. The van der Waals surface area contributed by atoms with Crippen LogP contribution in [0.25, 0.3) is 0 Å². The molecule has 2 heterocycles. The number of benzene rings is 1. The lowest BCUT2D eigenvalue weighted by atomic mass is 10.0. The number of rotatable bonds is 6. The smallest absolute Gasteiger partial charge is 0.303 e. The zero-order valence-electron chi connectivity index (χ0n) is 17.5. The van der Waals surface area contributed by atoms with Gasteiger partial charge < -0.3 is 14.6 Å². The van der Waals surface area contributed by atoms with Crippen LogP contribution >= 0.6 is 0 Å². The summed E-state index contributed by atoms with van der Waals surface area (Å²) >= 11 is 0. The van der Waals surface area contributed by atoms with Crippen LogP contribution in [0.4, 0.5) is 5.69 Å². The first-order chi connectivity index (χ1) is 14.0. The molecule has 1 aromatic heterocycles. The van der Waals surface area contributed by atoms with Gasteiger partial charge >= 0.3 is 5.91 Å². The molecule has 1 aromatic carbocycles. The molecule has 0 unspecified atom stereocenters. The molecule has 0 saturated heterocycles. The summed E-state index contributed by atoms with van der Waals surface area (Å²) in [6.07, 6.45) is -0.132. The Morgan fingerprint density at radius 2 is 1.93 bits per heavy atom. The number of nitrogens with zero attached hydrogens (tertiary/aromatic N) is 1. The lowest BCUT2D eigenvalue weighted by molar-refractivity contribution is -0.125. The maximum atomic E-state index is 12.8. The predicted octanol–water partition coefficient (Wildman–Crippen LogP) is 2.66. The van der Waals surface area contributed by atoms with Gasteiger partial charge in [-0.05, 0) is 36.8 Å². The van der Waals surface area contributed by atoms with Crippen molar-refractivity contribution in [1.82, 2.24) is 9.88 Å². The van der Waals surface area contributed by atoms with Crippen LogP contribution in [0.2, 0.25) is 0 Å². The lowest BCUT2D eigenvalue weighted by Crippen LogP contribution is -2.40. The van der Waals surface area contributed by atoms with Crippen LogP contribution in [0.3, 0.4) is 0 Å². The standard InChI is InChI=1S/C20H25N3O6S/c1-10(2)6-13-8-16(29-22-13)19(24)23-30(26,27)17-9-15-14(7-12(17)5)21-20(25)18(28-15)11(3)4/h7-11,18H,6H2,1-5H3,(H,21,25)(H,23,24)/t18-/m1/s1. The zero-order valence-corrected chi connectivity index (χ0v) is 18.3. The number of hydrogen-bond donors (Lipinski definition) is 2. The van der Waals surface area contributed by atoms with E-state index >= 15 is 0 Å². The van der Waals surface area contributed by atoms with Gasteiger partial charge in [0, 0.05) is 12.1 Å². The molecule has 162 valence electrons. The van der Waals surface area contributed by atoms with Gasteiger partial charge in [-0.1, -0.05) is 32.9 Å². The monoisotopic (exact) mass is 435 g/mol. The maximum absolute atomic E-state index is 12.8. The summed E-state index contributed by atoms with van der Waals surface area (Å²) in [7, 11) is -4.22. The van der Waals surface area contributed by atoms with Gasteiger partial charge in [0.25, 0.3) is 15.9 Å². The van der Waals surface area contributed by atoms with Gasteiger partial charge in [0.2, 0.25) is 5.76 Å². The third-order valence-corrected chi connectivity index (χ3v) is 6.04. The first kappa shape index (κ1) is 21.8. The first-order valence-electron chi connectivity index (χ1n) is 9.63. The highest BCUT2D eigenvalue weighted by atomic mass is 32.2. The molecule has 10 heteroatoms. The largest absolute Gasteiger partial charge is 0.478 e. The van der Waals surface area contributed by atoms with Crippen molar-refractivity contribution in [2.45, 2.75) is 52.0 Å². The number of ether oxygens (including phenoxy) is 1. The van der Waals surface area contributed by atoms with Crippen molar-refractivity contribution in [2.24, 2.45) is 11.8 Å². The van der Waals surface area contributed by atoms with Crippen LogP contribution < -0.4 is 14.8 Å². The molecule has 30 heavy (non-hydrogen) atoms. The van der Waals surface area contributed by atoms with Crippen molar-refractivity contribution >= 4 is 27.5 Å². The van der Waals surface area contributed by atoms with Crippen molar-refractivity contribution < 1.29 is 27.3 Å². The second-order valence-corrected chi connectivity index (χ2v) is 9.75. The SMILES string of the molecule is Cc1cc2c(cc1S(=O)(=O)NC(=O)c1cc(CC(C)C)no1)O[C@H](C(C)C)C(=O)N2. The topological polar surface area (TPSA) is 128 Å². The Bertz CT molecular complexity index is 1090. The highest BCUT2D eigenvalue weighted by molar-refractivity contribution is 7.90. The number of carbonyl (C=O) groups is 2. The van der Waals surface area contributed by atoms with E-state index in [1.807, 2.05) is 32.4 Å². The maximum Gasteiger partial charge on any atom is 0.303 e. The number of anilines is 1. The molecule has 1 atom stereocenters. The molecule has 2 aromatic rings. The van der Waals surface area contributed by atoms with Gasteiger partial charge in [-0.15, -0.1) is 0 Å². The highest BCUT2D eigenvalue weighted by Gasteiger charge is 2.32. The molecule has 1 aliphatic rings. The number of carbonyl (C=O) groups excluding carboxylic acids is 2. The second-order valence-electron chi connectivity index (χ2n) is 8.10. The van der Waals surface area contributed by atoms with E-state index in [1.54, 1.807) is 6.92 Å². The fourth-order valence-electron chi connectivity index (χ4n) is 3.15. The predicted molar refractivity (Wildman–Crippen MR) is 109 cm³/mol. The minimum absolute atomic E-state index is 0.106. The Morgan fingerprint density at radius 3 is 2.57 bits per heavy atom. The van der Waals surface area contributed by atoms with Crippen LogP contribution in [0.1, 0.15) is 49.5 Å². The molecule has 0 radical (unpaired) electrons. The molecule has 0 fully saturated rings. The van der Waals surface area contributed by atoms with Crippen molar-refractivity contribution in [3.05, 3.63) is 35.2 Å². The third kappa shape index (κ3) is 4.48. The molecule has 2 amide bonds. The van der Waals surface area contributed by atoms with Gasteiger partial charge in [-0.3, -0.25) is 9.59 Å². The number of nitrogens with one attached hydrogen (secondary N) is 2. The van der Waals surface area contributed by atoms with E-state index in [2.05, 4.69) is 10.5 Å². The number of fused-ring (bicyclic) bond motifs is 1. The molecule has 0 spiro atoms. The van der Waals surface area contributed by atoms with Gasteiger partial charge in [0.05, 0.1) is 16.3 Å². The van der Waals surface area contributed by atoms with Crippen LogP contribution in [-0.2, 0) is 21.2 Å². The normalized spacial score (nSPS) is 16.2. The highest BCUT2D eigenvalue weighted by Crippen LogP contribution is 2.35. The Labute approximate surface area is 175 Å². The van der Waals surface area contributed by atoms with Gasteiger partial charge in [0.1, 0.15) is 5.75 Å². The van der Waals surface area contributed by atoms with Crippen molar-refractivity contribution in [3.8, 4) is 5.75 Å². The van der Waals surface area contributed by atoms with Gasteiger partial charge in [0.15, 0.2) is 6.10 Å². The number of sulfonamides is 1. The van der Waals surface area contributed by atoms with Crippen LogP contribution in [0.15, 0.2) is 27.6 Å². The van der Waals surface area contributed by atoms with E-state index < -0.39 is 22.0 Å². The quantitative estimate of drug-likeness (QED) is 0.714. The van der Waals surface area contributed by atoms with Gasteiger partial charge in [-0.2, -0.15) is 0 Å². The summed E-state index contributed by atoms with van der Waals surface area (Å²) < 4.78 is 38.4. The Balaban J connectivity index is 1.86. The van der Waals surface area contributed by atoms with E-state index in [9.17, 15) is 18.0 Å². The minimum atomic E-state index is -4.22. The van der Waals surface area contributed by atoms with E-state index in [1.165, 1.54) is 18.2 Å². The third-order valence-electron chi connectivity index (χ3n) is 4.57. The summed E-state index contributed by atoms with van der Waals surface area (Å²) in [5.74, 6) is -0.959. The van der Waals surface area contributed by atoms with Gasteiger partial charge in [-0.25, -0.2) is 13.1 Å². The number of aryl methyl sites for hydroxylation is 1. The zero-order chi connectivity index (χ0) is 22.2. The van der Waals surface area contributed by atoms with Crippen molar-refractivity contribution in [1.29, 1.82) is 0 Å². The summed E-state index contributed by atoms with van der Waals surface area (Å²) in [6.45, 7) is 9.20. The van der Waals surface area contributed by atoms with Crippen molar-refractivity contribution in [3.63, 3.8) is 0 Å². The molecule has 0 saturated carbocycles. The van der Waals surface area contributed by atoms with Crippen LogP contribution in [0, 0.1) is 18.8 Å². The van der Waals surface area contributed by atoms with E-state index in [0.29, 0.717) is 29.3 Å². The molecular weight excluding hydrogens is 410 g/mol. The minimum Gasteiger partial charge on any atom is -0.478 e. The molecule has 0 aliphatic carbocycles. The Morgan fingerprint density at radius 1 is 1.23 bits per heavy atom. The average Bonchev–Trinajstić information content (AvgIpc) is 3.07. The van der Waals surface area contributed by atoms with E-state index in [-0.39, 0.29) is 28.2 Å². The summed E-state index contributed by atoms with van der Waals surface area (Å²) in [4.78, 5) is 24.4. The fourth-order valence-corrected chi connectivity index (χ4v) is 4.35. The summed E-state index contributed by atoms with van der Waals surface area (Å²) in [5.41, 5.74) is 1.30. The van der Waals surface area contributed by atoms with E-state index in [4.69, 9.17) is 9.26 Å². The Kier molecular flexibility index (Phi) is 5.89. The Hall–Kier alpha value is -2.88. The number of hydrogen-bond acceptors (Lipinski definition) is 7.